The fourth-order valence-corrected chi connectivity index (χ4v) is 3.40. The molecule has 6 nitrogen and oxygen atoms in total. The predicted molar refractivity (Wildman–Crippen MR) is 82.3 cm³/mol. The predicted octanol–water partition coefficient (Wildman–Crippen LogP) is 2.12. The van der Waals surface area contributed by atoms with Crippen LogP contribution in [0.15, 0.2) is 5.16 Å². The average Bonchev–Trinajstić information content (AvgIpc) is 2.53. The first-order valence-electron chi connectivity index (χ1n) is 8.14. The lowest BCUT2D eigenvalue weighted by atomic mass is 9.83. The van der Waals surface area contributed by atoms with Gasteiger partial charge in [0.1, 0.15) is 0 Å². The number of rotatable bonds is 3. The standard InChI is InChI=1S/C15H28N4O2/c1-11-7-9-19(10-8-11)15(20)17-13(14(16)18-21)12-5-3-2-4-6-12/h11-13,21H,2-10H2,1H3,(H2,16,18)(H,17,20). The maximum Gasteiger partial charge on any atom is 0.317 e. The van der Waals surface area contributed by atoms with Gasteiger partial charge in [-0.05, 0) is 37.5 Å². The zero-order valence-electron chi connectivity index (χ0n) is 12.9. The van der Waals surface area contributed by atoms with Crippen LogP contribution in [0.25, 0.3) is 0 Å². The lowest BCUT2D eigenvalue weighted by Gasteiger charge is -2.34. The van der Waals surface area contributed by atoms with Crippen LogP contribution in [-0.2, 0) is 0 Å². The van der Waals surface area contributed by atoms with Gasteiger partial charge >= 0.3 is 6.03 Å². The van der Waals surface area contributed by atoms with Crippen LogP contribution in [0.1, 0.15) is 51.9 Å². The summed E-state index contributed by atoms with van der Waals surface area (Å²) in [5.41, 5.74) is 5.81. The number of hydrogen-bond acceptors (Lipinski definition) is 3. The lowest BCUT2D eigenvalue weighted by molar-refractivity contribution is 0.167. The first-order chi connectivity index (χ1) is 10.1. The minimum absolute atomic E-state index is 0.0796. The molecular formula is C15H28N4O2. The number of oxime groups is 1. The molecule has 0 radical (unpaired) electrons. The highest BCUT2D eigenvalue weighted by Gasteiger charge is 2.30. The molecule has 2 aliphatic rings. The number of carbonyl (C=O) groups is 1. The van der Waals surface area contributed by atoms with Crippen LogP contribution in [-0.4, -0.2) is 41.1 Å². The summed E-state index contributed by atoms with van der Waals surface area (Å²) in [5.74, 6) is 1.09. The van der Waals surface area contributed by atoms with Crippen molar-refractivity contribution in [2.24, 2.45) is 22.7 Å². The summed E-state index contributed by atoms with van der Waals surface area (Å²) in [6, 6.07) is -0.425. The quantitative estimate of drug-likeness (QED) is 0.322. The van der Waals surface area contributed by atoms with Gasteiger partial charge in [0.15, 0.2) is 5.84 Å². The molecule has 1 saturated carbocycles. The zero-order valence-corrected chi connectivity index (χ0v) is 12.9. The molecule has 2 rings (SSSR count). The van der Waals surface area contributed by atoms with Crippen molar-refractivity contribution in [3.05, 3.63) is 0 Å². The van der Waals surface area contributed by atoms with Gasteiger partial charge in [-0.1, -0.05) is 31.3 Å². The van der Waals surface area contributed by atoms with Crippen molar-refractivity contribution >= 4 is 11.9 Å². The second-order valence-electron chi connectivity index (χ2n) is 6.52. The van der Waals surface area contributed by atoms with Crippen LogP contribution >= 0.6 is 0 Å². The Kier molecular flexibility index (Phi) is 5.70. The zero-order chi connectivity index (χ0) is 15.2. The second kappa shape index (κ2) is 7.52. The van der Waals surface area contributed by atoms with Gasteiger partial charge in [0, 0.05) is 13.1 Å². The van der Waals surface area contributed by atoms with E-state index >= 15 is 0 Å². The number of nitrogens with zero attached hydrogens (tertiary/aromatic N) is 2. The molecule has 0 spiro atoms. The van der Waals surface area contributed by atoms with Crippen molar-refractivity contribution in [1.82, 2.24) is 10.2 Å². The van der Waals surface area contributed by atoms with E-state index in [9.17, 15) is 4.79 Å². The van der Waals surface area contributed by atoms with Crippen LogP contribution in [0.2, 0.25) is 0 Å². The summed E-state index contributed by atoms with van der Waals surface area (Å²) < 4.78 is 0. The highest BCUT2D eigenvalue weighted by atomic mass is 16.4. The monoisotopic (exact) mass is 296 g/mol. The van der Waals surface area contributed by atoms with Crippen molar-refractivity contribution in [3.8, 4) is 0 Å². The summed E-state index contributed by atoms with van der Waals surface area (Å²) in [6.07, 6.45) is 7.68. The van der Waals surface area contributed by atoms with Crippen molar-refractivity contribution in [3.63, 3.8) is 0 Å². The molecule has 1 atom stereocenters. The molecule has 2 amide bonds. The molecule has 0 aromatic heterocycles. The SMILES string of the molecule is CC1CCN(C(=O)NC(C(N)=NO)C2CCCCC2)CC1. The molecule has 1 aliphatic carbocycles. The molecule has 1 saturated heterocycles. The van der Waals surface area contributed by atoms with Crippen molar-refractivity contribution in [2.75, 3.05) is 13.1 Å². The summed E-state index contributed by atoms with van der Waals surface area (Å²) in [4.78, 5) is 14.2. The third-order valence-electron chi connectivity index (χ3n) is 4.91. The largest absolute Gasteiger partial charge is 0.409 e. The number of hydrogen-bond donors (Lipinski definition) is 3. The Morgan fingerprint density at radius 2 is 1.86 bits per heavy atom. The van der Waals surface area contributed by atoms with Crippen LogP contribution in [0.3, 0.4) is 0 Å². The third kappa shape index (κ3) is 4.25. The first-order valence-corrected chi connectivity index (χ1v) is 8.14. The van der Waals surface area contributed by atoms with E-state index in [4.69, 9.17) is 10.9 Å². The first kappa shape index (κ1) is 15.9. The highest BCUT2D eigenvalue weighted by Crippen LogP contribution is 2.27. The number of urea groups is 1. The summed E-state index contributed by atoms with van der Waals surface area (Å²) >= 11 is 0. The van der Waals surface area contributed by atoms with Crippen LogP contribution < -0.4 is 11.1 Å². The molecule has 4 N–H and O–H groups in total. The number of amides is 2. The molecule has 21 heavy (non-hydrogen) atoms. The van der Waals surface area contributed by atoms with Crippen molar-refractivity contribution in [2.45, 2.75) is 57.9 Å². The van der Waals surface area contributed by atoms with Gasteiger partial charge in [-0.2, -0.15) is 0 Å². The normalized spacial score (nSPS) is 23.9. The van der Waals surface area contributed by atoms with E-state index in [-0.39, 0.29) is 23.8 Å². The third-order valence-corrected chi connectivity index (χ3v) is 4.91. The van der Waals surface area contributed by atoms with Crippen molar-refractivity contribution < 1.29 is 10.0 Å². The number of piperidine rings is 1. The number of amidine groups is 1. The molecule has 1 unspecified atom stereocenters. The minimum atomic E-state index is -0.345. The van der Waals surface area contributed by atoms with Gasteiger partial charge in [-0.3, -0.25) is 0 Å². The molecule has 120 valence electrons. The second-order valence-corrected chi connectivity index (χ2v) is 6.52. The number of likely N-dealkylation sites (tertiary alicyclic amines) is 1. The van der Waals surface area contributed by atoms with Crippen LogP contribution in [0.5, 0.6) is 0 Å². The maximum atomic E-state index is 12.4. The molecular weight excluding hydrogens is 268 g/mol. The molecule has 0 bridgehead atoms. The Bertz CT molecular complexity index is 372. The number of nitrogens with one attached hydrogen (secondary N) is 1. The molecule has 0 aromatic carbocycles. The van der Waals surface area contributed by atoms with Gasteiger partial charge in [-0.15, -0.1) is 0 Å². The summed E-state index contributed by atoms with van der Waals surface area (Å²) in [5, 5.41) is 15.1. The molecule has 0 aromatic rings. The topological polar surface area (TPSA) is 91.0 Å². The Morgan fingerprint density at radius 1 is 1.24 bits per heavy atom. The van der Waals surface area contributed by atoms with E-state index in [2.05, 4.69) is 17.4 Å². The summed E-state index contributed by atoms with van der Waals surface area (Å²) in [6.45, 7) is 3.80. The fraction of sp³-hybridized carbons (Fsp3) is 0.867. The molecule has 2 fully saturated rings. The summed E-state index contributed by atoms with van der Waals surface area (Å²) in [7, 11) is 0. The lowest BCUT2D eigenvalue weighted by Crippen LogP contribution is -2.54. The Hall–Kier alpha value is -1.46. The van der Waals surface area contributed by atoms with Gasteiger partial charge in [-0.25, -0.2) is 4.79 Å². The van der Waals surface area contributed by atoms with E-state index in [1.54, 1.807) is 0 Å². The smallest absolute Gasteiger partial charge is 0.317 e. The van der Waals surface area contributed by atoms with Gasteiger partial charge < -0.3 is 21.2 Å². The van der Waals surface area contributed by atoms with Gasteiger partial charge in [0.2, 0.25) is 0 Å². The Morgan fingerprint density at radius 3 is 2.43 bits per heavy atom. The highest BCUT2D eigenvalue weighted by molar-refractivity contribution is 5.89. The van der Waals surface area contributed by atoms with Gasteiger partial charge in [0.05, 0.1) is 6.04 Å². The number of carbonyl (C=O) groups excluding carboxylic acids is 1. The van der Waals surface area contributed by atoms with E-state index in [0.29, 0.717) is 5.92 Å². The van der Waals surface area contributed by atoms with Crippen LogP contribution in [0.4, 0.5) is 4.79 Å². The van der Waals surface area contributed by atoms with E-state index in [1.165, 1.54) is 6.42 Å². The van der Waals surface area contributed by atoms with Gasteiger partial charge in [0.25, 0.3) is 0 Å². The Balaban J connectivity index is 1.95. The van der Waals surface area contributed by atoms with E-state index < -0.39 is 0 Å². The van der Waals surface area contributed by atoms with E-state index in [1.807, 2.05) is 4.90 Å². The molecule has 1 aliphatic heterocycles. The minimum Gasteiger partial charge on any atom is -0.409 e. The molecule has 6 heteroatoms. The maximum absolute atomic E-state index is 12.4. The number of nitrogens with two attached hydrogens (primary N) is 1. The van der Waals surface area contributed by atoms with E-state index in [0.717, 1.165) is 51.6 Å². The fourth-order valence-electron chi connectivity index (χ4n) is 3.40. The Labute approximate surface area is 126 Å². The van der Waals surface area contributed by atoms with Crippen molar-refractivity contribution in [1.29, 1.82) is 0 Å². The average molecular weight is 296 g/mol. The molecule has 1 heterocycles. The van der Waals surface area contributed by atoms with Crippen LogP contribution in [0, 0.1) is 11.8 Å².